The largest absolute Gasteiger partial charge is 0.330 e. The lowest BCUT2D eigenvalue weighted by Crippen LogP contribution is -2.45. The van der Waals surface area contributed by atoms with Crippen molar-refractivity contribution in [3.8, 4) is 6.07 Å². The summed E-state index contributed by atoms with van der Waals surface area (Å²) in [6, 6.07) is 8.27. The van der Waals surface area contributed by atoms with E-state index in [4.69, 9.17) is 11.0 Å². The van der Waals surface area contributed by atoms with Crippen LogP contribution < -0.4 is 5.73 Å². The van der Waals surface area contributed by atoms with E-state index in [-0.39, 0.29) is 16.4 Å². The minimum atomic E-state index is -3.62. The van der Waals surface area contributed by atoms with E-state index in [1.165, 1.54) is 16.4 Å². The number of hydrogen-bond acceptors (Lipinski definition) is 4. The molecule has 1 aromatic carbocycles. The van der Waals surface area contributed by atoms with Gasteiger partial charge in [0.15, 0.2) is 0 Å². The van der Waals surface area contributed by atoms with Gasteiger partial charge in [-0.1, -0.05) is 19.1 Å². The lowest BCUT2D eigenvalue weighted by Gasteiger charge is -2.35. The minimum absolute atomic E-state index is 0.0906. The minimum Gasteiger partial charge on any atom is -0.330 e. The van der Waals surface area contributed by atoms with Crippen molar-refractivity contribution in [2.45, 2.75) is 18.2 Å². The van der Waals surface area contributed by atoms with Crippen molar-refractivity contribution in [2.24, 2.45) is 17.6 Å². The molecule has 2 atom stereocenters. The number of hydrogen-bond donors (Lipinski definition) is 1. The SMILES string of the molecule is CC1CCN(S(=O)(=O)c2ccccc2C#N)CC1CN. The van der Waals surface area contributed by atoms with E-state index in [2.05, 4.69) is 6.92 Å². The molecule has 0 bridgehead atoms. The van der Waals surface area contributed by atoms with E-state index in [1.807, 2.05) is 6.07 Å². The second-order valence-corrected chi connectivity index (χ2v) is 7.14. The Hall–Kier alpha value is -1.42. The highest BCUT2D eigenvalue weighted by atomic mass is 32.2. The molecule has 20 heavy (non-hydrogen) atoms. The standard InChI is InChI=1S/C14H19N3O2S/c1-11-6-7-17(10-13(11)9-16)20(18,19)14-5-3-2-4-12(14)8-15/h2-5,11,13H,6-7,9-10,16H2,1H3. The van der Waals surface area contributed by atoms with E-state index in [0.29, 0.717) is 25.6 Å². The van der Waals surface area contributed by atoms with Crippen LogP contribution in [0.25, 0.3) is 0 Å². The number of rotatable bonds is 3. The Bertz CT molecular complexity index is 622. The molecule has 5 nitrogen and oxygen atoms in total. The Morgan fingerprint density at radius 3 is 2.80 bits per heavy atom. The zero-order chi connectivity index (χ0) is 14.8. The van der Waals surface area contributed by atoms with Crippen LogP contribution in [0.5, 0.6) is 0 Å². The quantitative estimate of drug-likeness (QED) is 0.906. The summed E-state index contributed by atoms with van der Waals surface area (Å²) >= 11 is 0. The fourth-order valence-electron chi connectivity index (χ4n) is 2.56. The van der Waals surface area contributed by atoms with Gasteiger partial charge in [0.05, 0.1) is 10.5 Å². The van der Waals surface area contributed by atoms with Crippen LogP contribution in [0.15, 0.2) is 29.2 Å². The van der Waals surface area contributed by atoms with E-state index in [1.54, 1.807) is 12.1 Å². The van der Waals surface area contributed by atoms with Gasteiger partial charge in [-0.3, -0.25) is 0 Å². The number of benzene rings is 1. The molecule has 2 unspecified atom stereocenters. The number of nitrogens with zero attached hydrogens (tertiary/aromatic N) is 2. The van der Waals surface area contributed by atoms with Crippen LogP contribution in [0.3, 0.4) is 0 Å². The van der Waals surface area contributed by atoms with Crippen LogP contribution >= 0.6 is 0 Å². The van der Waals surface area contributed by atoms with Gasteiger partial charge in [-0.15, -0.1) is 0 Å². The van der Waals surface area contributed by atoms with Gasteiger partial charge < -0.3 is 5.73 Å². The van der Waals surface area contributed by atoms with Gasteiger partial charge in [-0.2, -0.15) is 9.57 Å². The summed E-state index contributed by atoms with van der Waals surface area (Å²) in [6.07, 6.45) is 0.801. The van der Waals surface area contributed by atoms with Gasteiger partial charge in [-0.25, -0.2) is 8.42 Å². The molecule has 6 heteroatoms. The second-order valence-electron chi connectivity index (χ2n) is 5.23. The lowest BCUT2D eigenvalue weighted by atomic mass is 9.88. The van der Waals surface area contributed by atoms with Crippen molar-refractivity contribution in [3.63, 3.8) is 0 Å². The summed E-state index contributed by atoms with van der Waals surface area (Å²) in [7, 11) is -3.62. The van der Waals surface area contributed by atoms with Gasteiger partial charge >= 0.3 is 0 Å². The topological polar surface area (TPSA) is 87.2 Å². The number of nitrogens with two attached hydrogens (primary N) is 1. The monoisotopic (exact) mass is 293 g/mol. The molecule has 1 saturated heterocycles. The van der Waals surface area contributed by atoms with Crippen molar-refractivity contribution in [2.75, 3.05) is 19.6 Å². The molecule has 0 aromatic heterocycles. The molecule has 0 radical (unpaired) electrons. The van der Waals surface area contributed by atoms with Crippen molar-refractivity contribution in [3.05, 3.63) is 29.8 Å². The Morgan fingerprint density at radius 2 is 2.15 bits per heavy atom. The van der Waals surface area contributed by atoms with Crippen LogP contribution in [0, 0.1) is 23.2 Å². The summed E-state index contributed by atoms with van der Waals surface area (Å²) in [5, 5.41) is 9.07. The van der Waals surface area contributed by atoms with Gasteiger partial charge in [0.25, 0.3) is 0 Å². The van der Waals surface area contributed by atoms with Gasteiger partial charge in [0.1, 0.15) is 6.07 Å². The van der Waals surface area contributed by atoms with Gasteiger partial charge in [0, 0.05) is 13.1 Å². The van der Waals surface area contributed by atoms with Crippen LogP contribution in [0.1, 0.15) is 18.9 Å². The predicted molar refractivity (Wildman–Crippen MR) is 76.2 cm³/mol. The molecule has 108 valence electrons. The first kappa shape index (κ1) is 15.0. The first-order valence-electron chi connectivity index (χ1n) is 6.70. The maximum absolute atomic E-state index is 12.7. The van der Waals surface area contributed by atoms with Crippen molar-refractivity contribution in [1.29, 1.82) is 5.26 Å². The van der Waals surface area contributed by atoms with Crippen molar-refractivity contribution in [1.82, 2.24) is 4.31 Å². The Labute approximate surface area is 120 Å². The van der Waals surface area contributed by atoms with E-state index in [9.17, 15) is 8.42 Å². The highest BCUT2D eigenvalue weighted by Crippen LogP contribution is 2.28. The van der Waals surface area contributed by atoms with E-state index in [0.717, 1.165) is 6.42 Å². The van der Waals surface area contributed by atoms with E-state index < -0.39 is 10.0 Å². The number of sulfonamides is 1. The molecule has 0 amide bonds. The molecule has 1 aliphatic heterocycles. The van der Waals surface area contributed by atoms with Crippen molar-refractivity contribution < 1.29 is 8.42 Å². The third kappa shape index (κ3) is 2.70. The molecule has 0 saturated carbocycles. The molecule has 1 fully saturated rings. The van der Waals surface area contributed by atoms with Crippen LogP contribution in [0.2, 0.25) is 0 Å². The summed E-state index contributed by atoms with van der Waals surface area (Å²) in [5.41, 5.74) is 5.91. The number of nitriles is 1. The van der Waals surface area contributed by atoms with Gasteiger partial charge in [-0.05, 0) is 36.9 Å². The third-order valence-corrected chi connectivity index (χ3v) is 5.93. The Morgan fingerprint density at radius 1 is 1.45 bits per heavy atom. The zero-order valence-corrected chi connectivity index (χ0v) is 12.3. The average molecular weight is 293 g/mol. The first-order chi connectivity index (χ1) is 9.50. The molecule has 0 aliphatic carbocycles. The highest BCUT2D eigenvalue weighted by Gasteiger charge is 2.34. The summed E-state index contributed by atoms with van der Waals surface area (Å²) in [6.45, 7) is 3.50. The van der Waals surface area contributed by atoms with Crippen LogP contribution in [-0.2, 0) is 10.0 Å². The number of piperidine rings is 1. The molecular formula is C14H19N3O2S. The molecule has 2 rings (SSSR count). The second kappa shape index (κ2) is 5.92. The molecule has 2 N–H and O–H groups in total. The van der Waals surface area contributed by atoms with E-state index >= 15 is 0 Å². The van der Waals surface area contributed by atoms with Gasteiger partial charge in [0.2, 0.25) is 10.0 Å². The lowest BCUT2D eigenvalue weighted by molar-refractivity contribution is 0.203. The summed E-state index contributed by atoms with van der Waals surface area (Å²) in [5.74, 6) is 0.602. The van der Waals surface area contributed by atoms with Crippen molar-refractivity contribution >= 4 is 10.0 Å². The fourth-order valence-corrected chi connectivity index (χ4v) is 4.22. The average Bonchev–Trinajstić information content (AvgIpc) is 2.47. The van der Waals surface area contributed by atoms with Crippen LogP contribution in [-0.4, -0.2) is 32.4 Å². The maximum atomic E-state index is 12.7. The van der Waals surface area contributed by atoms with Crippen LogP contribution in [0.4, 0.5) is 0 Å². The molecular weight excluding hydrogens is 274 g/mol. The smallest absolute Gasteiger partial charge is 0.244 e. The summed E-state index contributed by atoms with van der Waals surface area (Å²) in [4.78, 5) is 0.0906. The molecule has 0 spiro atoms. The Balaban J connectivity index is 2.34. The summed E-state index contributed by atoms with van der Waals surface area (Å²) < 4.78 is 26.8. The Kier molecular flexibility index (Phi) is 4.43. The molecule has 1 heterocycles. The third-order valence-electron chi connectivity index (χ3n) is 4.00. The molecule has 1 aliphatic rings. The zero-order valence-electron chi connectivity index (χ0n) is 11.5. The fraction of sp³-hybridized carbons (Fsp3) is 0.500. The first-order valence-corrected chi connectivity index (χ1v) is 8.14. The normalized spacial score (nSPS) is 24.2. The highest BCUT2D eigenvalue weighted by molar-refractivity contribution is 7.89. The maximum Gasteiger partial charge on any atom is 0.244 e. The predicted octanol–water partition coefficient (Wildman–Crippen LogP) is 1.16. The molecule has 1 aromatic rings.